The Morgan fingerprint density at radius 3 is 2.60 bits per heavy atom. The molecule has 25 heavy (non-hydrogen) atoms. The number of carbonyl (C=O) groups excluding carboxylic acids is 1. The summed E-state index contributed by atoms with van der Waals surface area (Å²) in [5.41, 5.74) is 6.44. The zero-order valence-corrected chi connectivity index (χ0v) is 16.0. The lowest BCUT2D eigenvalue weighted by atomic mass is 9.54. The fourth-order valence-corrected chi connectivity index (χ4v) is 3.47. The Hall–Kier alpha value is -1.59. The minimum atomic E-state index is -0.826. The van der Waals surface area contributed by atoms with Gasteiger partial charge in [0.15, 0.2) is 0 Å². The summed E-state index contributed by atoms with van der Waals surface area (Å²) in [6, 6.07) is 10.3. The van der Waals surface area contributed by atoms with Gasteiger partial charge in [0, 0.05) is 44.3 Å². The number of anilines is 1. The van der Waals surface area contributed by atoms with Gasteiger partial charge in [0.1, 0.15) is 5.54 Å². The fraction of sp³-hybridized carbons (Fsp3) is 0.650. The Balaban J connectivity index is 1.69. The van der Waals surface area contributed by atoms with Crippen molar-refractivity contribution in [1.29, 1.82) is 0 Å². The number of nitrogens with two attached hydrogens (primary N) is 1. The molecule has 1 aliphatic carbocycles. The molecule has 2 rings (SSSR count). The standard InChI is InChI=1S/C20H33N3O2/c1-5-25-17-15-20(21,19(17,2)3)18(24)22-13-9-10-14-23(4)16-11-7-6-8-12-16/h6-8,11-12,17H,5,9-10,13-15,21H2,1-4H3,(H,22,24). The first-order valence-electron chi connectivity index (χ1n) is 9.28. The molecule has 1 aliphatic rings. The van der Waals surface area contributed by atoms with E-state index in [-0.39, 0.29) is 17.4 Å². The number of carbonyl (C=O) groups is 1. The highest BCUT2D eigenvalue weighted by atomic mass is 16.5. The van der Waals surface area contributed by atoms with Gasteiger partial charge in [-0.1, -0.05) is 32.0 Å². The lowest BCUT2D eigenvalue weighted by Crippen LogP contribution is -2.75. The highest BCUT2D eigenvalue weighted by molar-refractivity contribution is 5.88. The normalized spacial score (nSPS) is 24.4. The molecule has 1 aromatic rings. The van der Waals surface area contributed by atoms with Crippen LogP contribution in [-0.2, 0) is 9.53 Å². The van der Waals surface area contributed by atoms with Crippen LogP contribution in [0.1, 0.15) is 40.0 Å². The monoisotopic (exact) mass is 347 g/mol. The first kappa shape index (κ1) is 19.7. The summed E-state index contributed by atoms with van der Waals surface area (Å²) in [6.07, 6.45) is 2.62. The van der Waals surface area contributed by atoms with Gasteiger partial charge in [-0.05, 0) is 31.9 Å². The SMILES string of the molecule is CCOC1CC(N)(C(=O)NCCCCN(C)c2ccccc2)C1(C)C. The molecule has 1 aromatic carbocycles. The maximum absolute atomic E-state index is 12.5. The van der Waals surface area contributed by atoms with E-state index in [9.17, 15) is 4.79 Å². The molecule has 2 unspecified atom stereocenters. The third-order valence-corrected chi connectivity index (χ3v) is 5.64. The van der Waals surface area contributed by atoms with E-state index >= 15 is 0 Å². The smallest absolute Gasteiger partial charge is 0.240 e. The van der Waals surface area contributed by atoms with Crippen LogP contribution in [-0.4, -0.2) is 44.3 Å². The largest absolute Gasteiger partial charge is 0.378 e. The molecule has 1 amide bonds. The molecule has 0 spiro atoms. The van der Waals surface area contributed by atoms with E-state index < -0.39 is 5.54 Å². The zero-order valence-electron chi connectivity index (χ0n) is 16.0. The summed E-state index contributed by atoms with van der Waals surface area (Å²) >= 11 is 0. The van der Waals surface area contributed by atoms with Crippen molar-refractivity contribution in [2.75, 3.05) is 31.6 Å². The van der Waals surface area contributed by atoms with Crippen LogP contribution in [0.15, 0.2) is 30.3 Å². The van der Waals surface area contributed by atoms with E-state index in [1.807, 2.05) is 39.0 Å². The summed E-state index contributed by atoms with van der Waals surface area (Å²) in [5.74, 6) is -0.0510. The first-order chi connectivity index (χ1) is 11.8. The summed E-state index contributed by atoms with van der Waals surface area (Å²) in [4.78, 5) is 14.8. The number of unbranched alkanes of at least 4 members (excludes halogenated alkanes) is 1. The maximum Gasteiger partial charge on any atom is 0.240 e. The fourth-order valence-electron chi connectivity index (χ4n) is 3.47. The van der Waals surface area contributed by atoms with Gasteiger partial charge < -0.3 is 20.7 Å². The van der Waals surface area contributed by atoms with Gasteiger partial charge in [-0.2, -0.15) is 0 Å². The van der Waals surface area contributed by atoms with Gasteiger partial charge in [-0.15, -0.1) is 0 Å². The second kappa shape index (κ2) is 8.19. The van der Waals surface area contributed by atoms with E-state index in [2.05, 4.69) is 29.4 Å². The third-order valence-electron chi connectivity index (χ3n) is 5.64. The van der Waals surface area contributed by atoms with Gasteiger partial charge >= 0.3 is 0 Å². The number of para-hydroxylation sites is 1. The van der Waals surface area contributed by atoms with Gasteiger partial charge in [-0.3, -0.25) is 4.79 Å². The molecule has 0 saturated heterocycles. The number of nitrogens with one attached hydrogen (secondary N) is 1. The highest BCUT2D eigenvalue weighted by Gasteiger charge is 2.62. The number of hydrogen-bond donors (Lipinski definition) is 2. The maximum atomic E-state index is 12.5. The van der Waals surface area contributed by atoms with Crippen molar-refractivity contribution in [3.63, 3.8) is 0 Å². The van der Waals surface area contributed by atoms with Crippen molar-refractivity contribution in [2.45, 2.75) is 51.7 Å². The Morgan fingerprint density at radius 2 is 2.00 bits per heavy atom. The molecule has 5 nitrogen and oxygen atoms in total. The van der Waals surface area contributed by atoms with Crippen LogP contribution < -0.4 is 16.0 Å². The van der Waals surface area contributed by atoms with E-state index in [1.165, 1.54) is 5.69 Å². The number of amides is 1. The molecule has 1 fully saturated rings. The number of rotatable bonds is 9. The number of hydrogen-bond acceptors (Lipinski definition) is 4. The molecule has 140 valence electrons. The van der Waals surface area contributed by atoms with E-state index in [0.29, 0.717) is 19.6 Å². The molecule has 3 N–H and O–H groups in total. The Morgan fingerprint density at radius 1 is 1.32 bits per heavy atom. The summed E-state index contributed by atoms with van der Waals surface area (Å²) in [5, 5.41) is 3.02. The third kappa shape index (κ3) is 4.15. The van der Waals surface area contributed by atoms with Crippen molar-refractivity contribution in [2.24, 2.45) is 11.1 Å². The minimum absolute atomic E-state index is 0.0510. The summed E-state index contributed by atoms with van der Waals surface area (Å²) in [6.45, 7) is 8.29. The van der Waals surface area contributed by atoms with Crippen LogP contribution in [0.3, 0.4) is 0 Å². The predicted octanol–water partition coefficient (Wildman–Crippen LogP) is 2.55. The quantitative estimate of drug-likeness (QED) is 0.674. The van der Waals surface area contributed by atoms with Crippen molar-refractivity contribution < 1.29 is 9.53 Å². The zero-order chi connectivity index (χ0) is 18.5. The molecule has 0 heterocycles. The molecular weight excluding hydrogens is 314 g/mol. The highest BCUT2D eigenvalue weighted by Crippen LogP contribution is 2.49. The average molecular weight is 348 g/mol. The van der Waals surface area contributed by atoms with E-state index in [4.69, 9.17) is 10.5 Å². The molecule has 5 heteroatoms. The van der Waals surface area contributed by atoms with Crippen LogP contribution in [0.5, 0.6) is 0 Å². The lowest BCUT2D eigenvalue weighted by molar-refractivity contribution is -0.170. The minimum Gasteiger partial charge on any atom is -0.378 e. The van der Waals surface area contributed by atoms with Crippen LogP contribution >= 0.6 is 0 Å². The Labute approximate surface area is 151 Å². The van der Waals surface area contributed by atoms with E-state index in [1.54, 1.807) is 0 Å². The van der Waals surface area contributed by atoms with Crippen LogP contribution in [0.25, 0.3) is 0 Å². The van der Waals surface area contributed by atoms with Gasteiger partial charge in [0.25, 0.3) is 0 Å². The number of benzene rings is 1. The van der Waals surface area contributed by atoms with Crippen molar-refractivity contribution in [3.05, 3.63) is 30.3 Å². The second-order valence-electron chi connectivity index (χ2n) is 7.56. The summed E-state index contributed by atoms with van der Waals surface area (Å²) < 4.78 is 5.68. The van der Waals surface area contributed by atoms with Gasteiger partial charge in [-0.25, -0.2) is 0 Å². The average Bonchev–Trinajstić information content (AvgIpc) is 2.61. The van der Waals surface area contributed by atoms with Gasteiger partial charge in [0.2, 0.25) is 5.91 Å². The predicted molar refractivity (Wildman–Crippen MR) is 103 cm³/mol. The van der Waals surface area contributed by atoms with Crippen molar-refractivity contribution in [1.82, 2.24) is 5.32 Å². The molecule has 0 bridgehead atoms. The van der Waals surface area contributed by atoms with Crippen LogP contribution in [0.4, 0.5) is 5.69 Å². The van der Waals surface area contributed by atoms with E-state index in [0.717, 1.165) is 19.4 Å². The summed E-state index contributed by atoms with van der Waals surface area (Å²) in [7, 11) is 2.09. The number of nitrogens with zero attached hydrogens (tertiary/aromatic N) is 1. The van der Waals surface area contributed by atoms with Gasteiger partial charge in [0.05, 0.1) is 6.10 Å². The Bertz CT molecular complexity index is 561. The first-order valence-corrected chi connectivity index (χ1v) is 9.28. The van der Waals surface area contributed by atoms with Crippen molar-refractivity contribution >= 4 is 11.6 Å². The molecular formula is C20H33N3O2. The Kier molecular flexibility index (Phi) is 6.47. The lowest BCUT2D eigenvalue weighted by Gasteiger charge is -2.57. The molecule has 2 atom stereocenters. The van der Waals surface area contributed by atoms with Crippen LogP contribution in [0, 0.1) is 5.41 Å². The molecule has 0 radical (unpaired) electrons. The molecule has 0 aromatic heterocycles. The number of ether oxygens (including phenoxy) is 1. The molecule has 1 saturated carbocycles. The van der Waals surface area contributed by atoms with Crippen LogP contribution in [0.2, 0.25) is 0 Å². The molecule has 0 aliphatic heterocycles. The topological polar surface area (TPSA) is 67.6 Å². The second-order valence-corrected chi connectivity index (χ2v) is 7.56. The van der Waals surface area contributed by atoms with Crippen molar-refractivity contribution in [3.8, 4) is 0 Å².